The van der Waals surface area contributed by atoms with Gasteiger partial charge in [-0.1, -0.05) is 41.6 Å². The second-order valence-corrected chi connectivity index (χ2v) is 6.73. The Hall–Kier alpha value is -1.98. The fourth-order valence-electron chi connectivity index (χ4n) is 2.44. The summed E-state index contributed by atoms with van der Waals surface area (Å²) in [6, 6.07) is 14.5. The molecule has 2 aromatic carbocycles. The van der Waals surface area contributed by atoms with Crippen molar-refractivity contribution in [1.29, 1.82) is 0 Å². The molecule has 1 fully saturated rings. The Balaban J connectivity index is 1.93. The molecule has 124 valence electrons. The largest absolute Gasteiger partial charge is 0.494 e. The number of amides is 1. The predicted octanol–water partition coefficient (Wildman–Crippen LogP) is 4.62. The summed E-state index contributed by atoms with van der Waals surface area (Å²) in [7, 11) is 1.61. The van der Waals surface area contributed by atoms with Gasteiger partial charge in [-0.15, -0.1) is 0 Å². The normalized spacial score (nSPS) is 16.2. The summed E-state index contributed by atoms with van der Waals surface area (Å²) in [5, 5.41) is 1.24. The van der Waals surface area contributed by atoms with E-state index in [9.17, 15) is 4.79 Å². The van der Waals surface area contributed by atoms with E-state index in [-0.39, 0.29) is 5.91 Å². The predicted molar refractivity (Wildman–Crippen MR) is 99.7 cm³/mol. The van der Waals surface area contributed by atoms with Crippen molar-refractivity contribution in [3.8, 4) is 5.75 Å². The van der Waals surface area contributed by atoms with E-state index in [0.717, 1.165) is 12.2 Å². The van der Waals surface area contributed by atoms with Crippen molar-refractivity contribution < 1.29 is 9.53 Å². The topological polar surface area (TPSA) is 41.9 Å². The Kier molecular flexibility index (Phi) is 5.43. The van der Waals surface area contributed by atoms with Gasteiger partial charge in [0.05, 0.1) is 7.11 Å². The maximum atomic E-state index is 12.8. The maximum Gasteiger partial charge on any atom is 0.259 e. The molecule has 0 unspecified atom stereocenters. The van der Waals surface area contributed by atoms with Crippen LogP contribution in [0.2, 0.25) is 5.02 Å². The average molecular weight is 361 g/mol. The molecule has 6 heteroatoms. The molecule has 0 atom stereocenters. The van der Waals surface area contributed by atoms with Crippen molar-refractivity contribution in [3.05, 3.63) is 59.1 Å². The number of hydrogen-bond acceptors (Lipinski definition) is 4. The van der Waals surface area contributed by atoms with Crippen LogP contribution in [0.5, 0.6) is 5.75 Å². The number of ether oxygens (including phenoxy) is 1. The summed E-state index contributed by atoms with van der Waals surface area (Å²) >= 11 is 7.59. The second kappa shape index (κ2) is 7.73. The number of amidine groups is 1. The van der Waals surface area contributed by atoms with Gasteiger partial charge in [0.15, 0.2) is 5.17 Å². The van der Waals surface area contributed by atoms with Crippen LogP contribution in [-0.4, -0.2) is 35.4 Å². The smallest absolute Gasteiger partial charge is 0.259 e. The van der Waals surface area contributed by atoms with Crippen LogP contribution in [0.4, 0.5) is 5.69 Å². The number of carbonyl (C=O) groups excluding carboxylic acids is 1. The molecule has 0 radical (unpaired) electrons. The minimum Gasteiger partial charge on any atom is -0.494 e. The van der Waals surface area contributed by atoms with Gasteiger partial charge in [0, 0.05) is 22.9 Å². The Labute approximate surface area is 150 Å². The molecule has 2 aromatic rings. The highest BCUT2D eigenvalue weighted by Gasteiger charge is 2.25. The summed E-state index contributed by atoms with van der Waals surface area (Å²) in [6.45, 7) is 0.645. The fourth-order valence-corrected chi connectivity index (χ4v) is 3.58. The highest BCUT2D eigenvalue weighted by atomic mass is 35.5. The zero-order valence-electron chi connectivity index (χ0n) is 13.2. The molecule has 0 aromatic heterocycles. The molecule has 0 bridgehead atoms. The standard InChI is InChI=1S/C18H17ClN2O2S/c1-23-16-9-3-2-8-15(16)20-18-21(10-5-11-24-18)17(22)13-6-4-7-14(19)12-13/h2-4,6-9,12H,5,10-11H2,1H3. The number of benzene rings is 2. The van der Waals surface area contributed by atoms with Crippen molar-refractivity contribution in [3.63, 3.8) is 0 Å². The lowest BCUT2D eigenvalue weighted by Crippen LogP contribution is -2.39. The molecule has 3 rings (SSSR count). The van der Waals surface area contributed by atoms with Crippen LogP contribution >= 0.6 is 23.4 Å². The number of halogens is 1. The molecule has 1 heterocycles. The molecule has 1 saturated heterocycles. The number of rotatable bonds is 3. The van der Waals surface area contributed by atoms with Gasteiger partial charge in [-0.25, -0.2) is 4.99 Å². The first kappa shape index (κ1) is 16.9. The lowest BCUT2D eigenvalue weighted by Gasteiger charge is -2.28. The Morgan fingerprint density at radius 3 is 2.88 bits per heavy atom. The van der Waals surface area contributed by atoms with Crippen LogP contribution < -0.4 is 4.74 Å². The van der Waals surface area contributed by atoms with Crippen molar-refractivity contribution in [1.82, 2.24) is 4.90 Å². The van der Waals surface area contributed by atoms with E-state index in [4.69, 9.17) is 16.3 Å². The number of methoxy groups -OCH3 is 1. The summed E-state index contributed by atoms with van der Waals surface area (Å²) < 4.78 is 5.35. The van der Waals surface area contributed by atoms with Crippen LogP contribution in [0.3, 0.4) is 0 Å². The lowest BCUT2D eigenvalue weighted by molar-refractivity contribution is 0.0849. The molecule has 1 amide bonds. The Morgan fingerprint density at radius 1 is 1.25 bits per heavy atom. The van der Waals surface area contributed by atoms with Crippen LogP contribution in [0, 0.1) is 0 Å². The first-order chi connectivity index (χ1) is 11.7. The number of nitrogens with zero attached hydrogens (tertiary/aromatic N) is 2. The molecular weight excluding hydrogens is 344 g/mol. The van der Waals surface area contributed by atoms with Gasteiger partial charge in [0.2, 0.25) is 0 Å². The molecule has 1 aliphatic heterocycles. The van der Waals surface area contributed by atoms with E-state index in [1.54, 1.807) is 48.0 Å². The minimum atomic E-state index is -0.0849. The molecule has 24 heavy (non-hydrogen) atoms. The van der Waals surface area contributed by atoms with E-state index < -0.39 is 0 Å². The van der Waals surface area contributed by atoms with Crippen LogP contribution in [0.1, 0.15) is 16.8 Å². The Morgan fingerprint density at radius 2 is 2.08 bits per heavy atom. The summed E-state index contributed by atoms with van der Waals surface area (Å²) in [5.74, 6) is 1.54. The third kappa shape index (κ3) is 3.74. The number of hydrogen-bond donors (Lipinski definition) is 0. The highest BCUT2D eigenvalue weighted by Crippen LogP contribution is 2.30. The molecular formula is C18H17ClN2O2S. The minimum absolute atomic E-state index is 0.0849. The van der Waals surface area contributed by atoms with Crippen LogP contribution in [0.15, 0.2) is 53.5 Å². The van der Waals surface area contributed by atoms with Gasteiger partial charge in [0.1, 0.15) is 11.4 Å². The molecule has 4 nitrogen and oxygen atoms in total. The third-order valence-corrected chi connectivity index (χ3v) is 4.90. The first-order valence-electron chi connectivity index (χ1n) is 7.61. The monoisotopic (exact) mass is 360 g/mol. The number of para-hydroxylation sites is 2. The van der Waals surface area contributed by atoms with E-state index in [1.807, 2.05) is 24.3 Å². The molecule has 0 aliphatic carbocycles. The van der Waals surface area contributed by atoms with Crippen molar-refractivity contribution in [2.75, 3.05) is 19.4 Å². The molecule has 0 spiro atoms. The quantitative estimate of drug-likeness (QED) is 0.802. The van der Waals surface area contributed by atoms with Crippen LogP contribution in [0.25, 0.3) is 0 Å². The van der Waals surface area contributed by atoms with Crippen molar-refractivity contribution in [2.45, 2.75) is 6.42 Å². The zero-order valence-corrected chi connectivity index (χ0v) is 14.8. The summed E-state index contributed by atoms with van der Waals surface area (Å²) in [4.78, 5) is 19.2. The van der Waals surface area contributed by atoms with Gasteiger partial charge < -0.3 is 4.74 Å². The van der Waals surface area contributed by atoms with E-state index in [0.29, 0.717) is 33.7 Å². The van der Waals surface area contributed by atoms with Crippen molar-refractivity contribution in [2.24, 2.45) is 4.99 Å². The van der Waals surface area contributed by atoms with Crippen molar-refractivity contribution >= 4 is 40.1 Å². The van der Waals surface area contributed by atoms with Gasteiger partial charge in [-0.05, 0) is 36.8 Å². The Bertz CT molecular complexity index is 779. The number of thioether (sulfide) groups is 1. The first-order valence-corrected chi connectivity index (χ1v) is 8.97. The van der Waals surface area contributed by atoms with Gasteiger partial charge in [0.25, 0.3) is 5.91 Å². The molecule has 0 N–H and O–H groups in total. The van der Waals surface area contributed by atoms with E-state index in [2.05, 4.69) is 4.99 Å². The van der Waals surface area contributed by atoms with Gasteiger partial charge in [-0.3, -0.25) is 9.69 Å². The number of carbonyl (C=O) groups is 1. The van der Waals surface area contributed by atoms with E-state index in [1.165, 1.54) is 0 Å². The highest BCUT2D eigenvalue weighted by molar-refractivity contribution is 8.13. The maximum absolute atomic E-state index is 12.8. The van der Waals surface area contributed by atoms with Crippen LogP contribution in [-0.2, 0) is 0 Å². The third-order valence-electron chi connectivity index (χ3n) is 3.61. The SMILES string of the molecule is COc1ccccc1N=C1SCCCN1C(=O)c1cccc(Cl)c1. The summed E-state index contributed by atoms with van der Waals surface area (Å²) in [6.07, 6.45) is 0.932. The molecule has 0 saturated carbocycles. The van der Waals surface area contributed by atoms with Gasteiger partial charge in [-0.2, -0.15) is 0 Å². The molecule has 1 aliphatic rings. The lowest BCUT2D eigenvalue weighted by atomic mass is 10.2. The van der Waals surface area contributed by atoms with E-state index >= 15 is 0 Å². The average Bonchev–Trinajstić information content (AvgIpc) is 2.62. The second-order valence-electron chi connectivity index (χ2n) is 5.24. The number of aliphatic imine (C=N–C) groups is 1. The zero-order chi connectivity index (χ0) is 16.9. The fraction of sp³-hybridized carbons (Fsp3) is 0.222. The summed E-state index contributed by atoms with van der Waals surface area (Å²) in [5.41, 5.74) is 1.28. The van der Waals surface area contributed by atoms with Gasteiger partial charge >= 0.3 is 0 Å².